The topological polar surface area (TPSA) is 91.7 Å². The number of carbonyl (C=O) groups is 1. The number of pyridine rings is 1. The van der Waals surface area contributed by atoms with E-state index in [-0.39, 0.29) is 11.4 Å². The van der Waals surface area contributed by atoms with E-state index < -0.39 is 15.9 Å². The smallest absolute Gasteiger partial charge is 0.255 e. The normalized spacial score (nSPS) is 11.8. The average Bonchev–Trinajstić information content (AvgIpc) is 2.56. The van der Waals surface area contributed by atoms with Crippen LogP contribution in [0.1, 0.15) is 5.69 Å². The van der Waals surface area contributed by atoms with Crippen molar-refractivity contribution in [1.29, 1.82) is 0 Å². The molecule has 0 saturated heterocycles. The molecule has 1 aromatic heterocycles. The molecule has 0 bridgehead atoms. The van der Waals surface area contributed by atoms with Crippen molar-refractivity contribution in [3.05, 3.63) is 59.4 Å². The highest BCUT2D eigenvalue weighted by Crippen LogP contribution is 2.17. The van der Waals surface area contributed by atoms with Crippen molar-refractivity contribution >= 4 is 33.7 Å². The highest BCUT2D eigenvalue weighted by Gasteiger charge is 2.22. The summed E-state index contributed by atoms with van der Waals surface area (Å²) >= 11 is 5.74. The third-order valence-electron chi connectivity index (χ3n) is 2.96. The van der Waals surface area contributed by atoms with Gasteiger partial charge in [0.15, 0.2) is 0 Å². The van der Waals surface area contributed by atoms with Gasteiger partial charge >= 0.3 is 0 Å². The maximum atomic E-state index is 12.3. The number of carbonyl (C=O) groups excluding carboxylic acids is 1. The first-order valence-electron chi connectivity index (χ1n) is 6.84. The minimum atomic E-state index is -3.78. The molecule has 0 fully saturated rings. The van der Waals surface area contributed by atoms with Gasteiger partial charge in [-0.2, -0.15) is 9.41 Å². The molecule has 0 aliphatic rings. The molecule has 9 heteroatoms. The van der Waals surface area contributed by atoms with Crippen LogP contribution >= 0.6 is 11.6 Å². The number of benzene rings is 1. The van der Waals surface area contributed by atoms with Gasteiger partial charge in [-0.05, 0) is 36.4 Å². The Kier molecular flexibility index (Phi) is 6.02. The standard InChI is InChI=1S/C15H15ClN4O3S/c1-20(24(22,23)14-7-5-12(16)6-8-14)11-15(21)19-18-10-13-4-2-3-9-17-13/h2-10H,11H2,1H3,(H,19,21)/b18-10-. The lowest BCUT2D eigenvalue weighted by molar-refractivity contribution is -0.121. The zero-order chi connectivity index (χ0) is 17.6. The number of amides is 1. The predicted octanol–water partition coefficient (Wildman–Crippen LogP) is 1.51. The van der Waals surface area contributed by atoms with Crippen LogP contribution in [-0.2, 0) is 14.8 Å². The first kappa shape index (κ1) is 18.1. The highest BCUT2D eigenvalue weighted by molar-refractivity contribution is 7.89. The van der Waals surface area contributed by atoms with Gasteiger partial charge < -0.3 is 0 Å². The molecule has 1 N–H and O–H groups in total. The molecule has 24 heavy (non-hydrogen) atoms. The quantitative estimate of drug-likeness (QED) is 0.619. The molecule has 0 aliphatic carbocycles. The van der Waals surface area contributed by atoms with Crippen molar-refractivity contribution in [2.24, 2.45) is 5.10 Å². The fraction of sp³-hybridized carbons (Fsp3) is 0.133. The summed E-state index contributed by atoms with van der Waals surface area (Å²) in [5.74, 6) is -0.567. The summed E-state index contributed by atoms with van der Waals surface area (Å²) in [6, 6.07) is 11.0. The summed E-state index contributed by atoms with van der Waals surface area (Å²) in [5.41, 5.74) is 2.83. The number of hydrogen-bond acceptors (Lipinski definition) is 5. The third kappa shape index (κ3) is 4.85. The lowest BCUT2D eigenvalue weighted by Crippen LogP contribution is -2.36. The van der Waals surface area contributed by atoms with E-state index in [4.69, 9.17) is 11.6 Å². The molecule has 0 atom stereocenters. The summed E-state index contributed by atoms with van der Waals surface area (Å²) < 4.78 is 25.6. The Hall–Kier alpha value is -2.29. The molecule has 0 spiro atoms. The minimum absolute atomic E-state index is 0.0548. The maximum Gasteiger partial charge on any atom is 0.255 e. The van der Waals surface area contributed by atoms with E-state index in [0.29, 0.717) is 10.7 Å². The van der Waals surface area contributed by atoms with Crippen LogP contribution in [0.5, 0.6) is 0 Å². The Morgan fingerprint density at radius 2 is 2.00 bits per heavy atom. The van der Waals surface area contributed by atoms with E-state index in [1.54, 1.807) is 24.4 Å². The molecule has 1 amide bonds. The Labute approximate surface area is 145 Å². The van der Waals surface area contributed by atoms with E-state index >= 15 is 0 Å². The van der Waals surface area contributed by atoms with Gasteiger partial charge in [0.1, 0.15) is 0 Å². The fourth-order valence-electron chi connectivity index (χ4n) is 1.73. The van der Waals surface area contributed by atoms with Crippen molar-refractivity contribution in [2.75, 3.05) is 13.6 Å². The van der Waals surface area contributed by atoms with Crippen molar-refractivity contribution in [3.8, 4) is 0 Å². The number of aromatic nitrogens is 1. The maximum absolute atomic E-state index is 12.3. The molecular weight excluding hydrogens is 352 g/mol. The van der Waals surface area contributed by atoms with Crippen molar-refractivity contribution in [2.45, 2.75) is 4.90 Å². The zero-order valence-corrected chi connectivity index (χ0v) is 14.3. The molecular formula is C15H15ClN4O3S. The zero-order valence-electron chi connectivity index (χ0n) is 12.8. The summed E-state index contributed by atoms with van der Waals surface area (Å²) in [6.45, 7) is -0.371. The monoisotopic (exact) mass is 366 g/mol. The SMILES string of the molecule is CN(CC(=O)N/N=C\c1ccccn1)S(=O)(=O)c1ccc(Cl)cc1. The molecule has 0 radical (unpaired) electrons. The van der Waals surface area contributed by atoms with E-state index in [2.05, 4.69) is 15.5 Å². The van der Waals surface area contributed by atoms with Crippen LogP contribution in [0.2, 0.25) is 5.02 Å². The van der Waals surface area contributed by atoms with Crippen LogP contribution in [0, 0.1) is 0 Å². The summed E-state index contributed by atoms with van der Waals surface area (Å²) in [7, 11) is -2.47. The number of nitrogens with one attached hydrogen (secondary N) is 1. The van der Waals surface area contributed by atoms with Crippen LogP contribution in [0.15, 0.2) is 58.7 Å². The number of likely N-dealkylation sites (N-methyl/N-ethyl adjacent to an activating group) is 1. The second kappa shape index (κ2) is 8.00. The lowest BCUT2D eigenvalue weighted by Gasteiger charge is -2.16. The molecule has 2 rings (SSSR count). The second-order valence-electron chi connectivity index (χ2n) is 4.76. The molecule has 0 unspecified atom stereocenters. The van der Waals surface area contributed by atoms with Gasteiger partial charge in [-0.25, -0.2) is 13.8 Å². The van der Waals surface area contributed by atoms with Crippen molar-refractivity contribution in [1.82, 2.24) is 14.7 Å². The Bertz CT molecular complexity index is 824. The van der Waals surface area contributed by atoms with Crippen LogP contribution in [0.3, 0.4) is 0 Å². The summed E-state index contributed by atoms with van der Waals surface area (Å²) in [4.78, 5) is 15.9. The first-order chi connectivity index (χ1) is 11.4. The number of rotatable bonds is 6. The Balaban J connectivity index is 1.95. The molecule has 1 heterocycles. The minimum Gasteiger partial charge on any atom is -0.272 e. The van der Waals surface area contributed by atoms with Gasteiger partial charge in [-0.15, -0.1) is 0 Å². The first-order valence-corrected chi connectivity index (χ1v) is 8.66. The van der Waals surface area contributed by atoms with Gasteiger partial charge in [0, 0.05) is 18.3 Å². The van der Waals surface area contributed by atoms with E-state index in [9.17, 15) is 13.2 Å². The molecule has 0 saturated carbocycles. The number of halogens is 1. The van der Waals surface area contributed by atoms with Crippen LogP contribution in [-0.4, -0.2) is 43.4 Å². The van der Waals surface area contributed by atoms with Crippen LogP contribution in [0.25, 0.3) is 0 Å². The Morgan fingerprint density at radius 3 is 2.62 bits per heavy atom. The van der Waals surface area contributed by atoms with Crippen molar-refractivity contribution < 1.29 is 13.2 Å². The van der Waals surface area contributed by atoms with Crippen LogP contribution in [0.4, 0.5) is 0 Å². The molecule has 7 nitrogen and oxygen atoms in total. The average molecular weight is 367 g/mol. The molecule has 2 aromatic rings. The summed E-state index contributed by atoms with van der Waals surface area (Å²) in [6.07, 6.45) is 2.96. The third-order valence-corrected chi connectivity index (χ3v) is 5.03. The molecule has 126 valence electrons. The van der Waals surface area contributed by atoms with Crippen molar-refractivity contribution in [3.63, 3.8) is 0 Å². The number of sulfonamides is 1. The summed E-state index contributed by atoms with van der Waals surface area (Å²) in [5, 5.41) is 4.16. The number of hydrogen-bond donors (Lipinski definition) is 1. The van der Waals surface area contributed by atoms with Gasteiger partial charge in [-0.3, -0.25) is 9.78 Å². The predicted molar refractivity (Wildman–Crippen MR) is 91.2 cm³/mol. The highest BCUT2D eigenvalue weighted by atomic mass is 35.5. The van der Waals surface area contributed by atoms with Gasteiger partial charge in [0.25, 0.3) is 5.91 Å². The second-order valence-corrected chi connectivity index (χ2v) is 7.24. The van der Waals surface area contributed by atoms with Gasteiger partial charge in [-0.1, -0.05) is 17.7 Å². The van der Waals surface area contributed by atoms with Crippen LogP contribution < -0.4 is 5.43 Å². The lowest BCUT2D eigenvalue weighted by atomic mass is 10.4. The fourth-order valence-corrected chi connectivity index (χ4v) is 2.98. The number of nitrogens with zero attached hydrogens (tertiary/aromatic N) is 3. The Morgan fingerprint density at radius 1 is 1.29 bits per heavy atom. The van der Waals surface area contributed by atoms with E-state index in [1.165, 1.54) is 37.5 Å². The van der Waals surface area contributed by atoms with Gasteiger partial charge in [0.05, 0.1) is 23.3 Å². The molecule has 1 aromatic carbocycles. The largest absolute Gasteiger partial charge is 0.272 e. The molecule has 0 aliphatic heterocycles. The van der Waals surface area contributed by atoms with Gasteiger partial charge in [0.2, 0.25) is 10.0 Å². The van der Waals surface area contributed by atoms with E-state index in [0.717, 1.165) is 4.31 Å². The number of hydrazone groups is 1. The van der Waals surface area contributed by atoms with E-state index in [1.807, 2.05) is 0 Å².